The van der Waals surface area contributed by atoms with Crippen LogP contribution in [0.3, 0.4) is 0 Å². The van der Waals surface area contributed by atoms with Gasteiger partial charge in [-0.3, -0.25) is 4.79 Å². The number of hydrogen-bond donors (Lipinski definition) is 0. The van der Waals surface area contributed by atoms with Gasteiger partial charge >= 0.3 is 0 Å². The molecule has 0 saturated heterocycles. The second-order valence-corrected chi connectivity index (χ2v) is 4.64. The Bertz CT molecular complexity index is 275. The molecule has 1 aliphatic rings. The summed E-state index contributed by atoms with van der Waals surface area (Å²) in [5, 5.41) is 0. The molecule has 1 heteroatoms. The molecule has 1 aliphatic carbocycles. The Balaban J connectivity index is 2.92. The van der Waals surface area contributed by atoms with Crippen LogP contribution < -0.4 is 0 Å². The SMILES string of the molecule is CC=CC(=O)C1(C)CC(C)C=CC1C. The molecule has 0 fully saturated rings. The van der Waals surface area contributed by atoms with Crippen molar-refractivity contribution in [1.29, 1.82) is 0 Å². The van der Waals surface area contributed by atoms with Crippen LogP contribution in [0.5, 0.6) is 0 Å². The van der Waals surface area contributed by atoms with E-state index < -0.39 is 0 Å². The molecule has 14 heavy (non-hydrogen) atoms. The molecule has 3 unspecified atom stereocenters. The summed E-state index contributed by atoms with van der Waals surface area (Å²) in [6, 6.07) is 0. The first-order valence-electron chi connectivity index (χ1n) is 5.36. The highest BCUT2D eigenvalue weighted by molar-refractivity contribution is 5.95. The third-order valence-electron chi connectivity index (χ3n) is 3.36. The molecule has 1 rings (SSSR count). The minimum Gasteiger partial charge on any atom is -0.294 e. The molecule has 0 spiro atoms. The van der Waals surface area contributed by atoms with Crippen LogP contribution in [0.4, 0.5) is 0 Å². The van der Waals surface area contributed by atoms with Gasteiger partial charge in [-0.15, -0.1) is 0 Å². The first-order valence-corrected chi connectivity index (χ1v) is 5.36. The van der Waals surface area contributed by atoms with Gasteiger partial charge in [0.05, 0.1) is 0 Å². The highest BCUT2D eigenvalue weighted by atomic mass is 16.1. The highest BCUT2D eigenvalue weighted by Crippen LogP contribution is 2.40. The number of rotatable bonds is 2. The zero-order valence-corrected chi connectivity index (χ0v) is 9.58. The average Bonchev–Trinajstić information content (AvgIpc) is 2.12. The van der Waals surface area contributed by atoms with Gasteiger partial charge in [-0.25, -0.2) is 0 Å². The zero-order chi connectivity index (χ0) is 10.8. The molecular formula is C13H20O. The van der Waals surface area contributed by atoms with Crippen LogP contribution in [0, 0.1) is 17.3 Å². The van der Waals surface area contributed by atoms with Crippen molar-refractivity contribution in [2.75, 3.05) is 0 Å². The van der Waals surface area contributed by atoms with E-state index >= 15 is 0 Å². The van der Waals surface area contributed by atoms with E-state index in [4.69, 9.17) is 0 Å². The fourth-order valence-corrected chi connectivity index (χ4v) is 2.16. The fourth-order valence-electron chi connectivity index (χ4n) is 2.16. The minimum absolute atomic E-state index is 0.194. The monoisotopic (exact) mass is 192 g/mol. The number of allylic oxidation sites excluding steroid dienone is 4. The Kier molecular flexibility index (Phi) is 3.30. The smallest absolute Gasteiger partial charge is 0.161 e. The first kappa shape index (κ1) is 11.2. The summed E-state index contributed by atoms with van der Waals surface area (Å²) in [7, 11) is 0. The maximum atomic E-state index is 12.0. The third kappa shape index (κ3) is 1.97. The molecule has 0 bridgehead atoms. The standard InChI is InChI=1S/C13H20O/c1-5-6-12(14)13(4)9-10(2)7-8-11(13)3/h5-8,10-11H,9H2,1-4H3. The van der Waals surface area contributed by atoms with Crippen molar-refractivity contribution in [3.63, 3.8) is 0 Å². The Morgan fingerprint density at radius 3 is 2.64 bits per heavy atom. The average molecular weight is 192 g/mol. The van der Waals surface area contributed by atoms with Gasteiger partial charge in [0.15, 0.2) is 5.78 Å². The molecule has 0 amide bonds. The van der Waals surface area contributed by atoms with Crippen LogP contribution in [0.15, 0.2) is 24.3 Å². The van der Waals surface area contributed by atoms with Crippen molar-refractivity contribution in [1.82, 2.24) is 0 Å². The minimum atomic E-state index is -0.194. The zero-order valence-electron chi connectivity index (χ0n) is 9.58. The summed E-state index contributed by atoms with van der Waals surface area (Å²) < 4.78 is 0. The predicted molar refractivity (Wildman–Crippen MR) is 60.0 cm³/mol. The lowest BCUT2D eigenvalue weighted by Crippen LogP contribution is -2.36. The molecule has 0 saturated carbocycles. The van der Waals surface area contributed by atoms with Gasteiger partial charge < -0.3 is 0 Å². The third-order valence-corrected chi connectivity index (χ3v) is 3.36. The molecule has 0 aliphatic heterocycles. The highest BCUT2D eigenvalue weighted by Gasteiger charge is 2.38. The van der Waals surface area contributed by atoms with Crippen LogP contribution in [0.25, 0.3) is 0 Å². The Hall–Kier alpha value is -0.850. The Labute approximate surface area is 86.9 Å². The quantitative estimate of drug-likeness (QED) is 0.484. The number of hydrogen-bond acceptors (Lipinski definition) is 1. The van der Waals surface area contributed by atoms with Gasteiger partial charge in [-0.05, 0) is 31.3 Å². The van der Waals surface area contributed by atoms with Crippen LogP contribution in [0.1, 0.15) is 34.1 Å². The number of carbonyl (C=O) groups is 1. The summed E-state index contributed by atoms with van der Waals surface area (Å²) in [6.07, 6.45) is 8.91. The van der Waals surface area contributed by atoms with Crippen LogP contribution in [0.2, 0.25) is 0 Å². The van der Waals surface area contributed by atoms with Gasteiger partial charge in [-0.2, -0.15) is 0 Å². The van der Waals surface area contributed by atoms with Crippen molar-refractivity contribution in [3.8, 4) is 0 Å². The van der Waals surface area contributed by atoms with E-state index in [0.29, 0.717) is 11.8 Å². The van der Waals surface area contributed by atoms with Gasteiger partial charge in [0.2, 0.25) is 0 Å². The van der Waals surface area contributed by atoms with E-state index in [1.165, 1.54) is 0 Å². The van der Waals surface area contributed by atoms with E-state index in [-0.39, 0.29) is 11.2 Å². The predicted octanol–water partition coefficient (Wildman–Crippen LogP) is 3.37. The van der Waals surface area contributed by atoms with E-state index in [2.05, 4.69) is 32.9 Å². The molecule has 0 radical (unpaired) electrons. The summed E-state index contributed by atoms with van der Waals surface area (Å²) in [5.41, 5.74) is -0.194. The Morgan fingerprint density at radius 1 is 1.43 bits per heavy atom. The van der Waals surface area contributed by atoms with Crippen molar-refractivity contribution < 1.29 is 4.79 Å². The molecular weight excluding hydrogens is 172 g/mol. The normalized spacial score (nSPS) is 37.7. The molecule has 78 valence electrons. The largest absolute Gasteiger partial charge is 0.294 e. The van der Waals surface area contributed by atoms with Crippen LogP contribution in [-0.2, 0) is 4.79 Å². The first-order chi connectivity index (χ1) is 6.50. The molecule has 0 aromatic carbocycles. The van der Waals surface area contributed by atoms with Gasteiger partial charge in [0.25, 0.3) is 0 Å². The summed E-state index contributed by atoms with van der Waals surface area (Å²) in [6.45, 7) is 8.28. The lowest BCUT2D eigenvalue weighted by atomic mass is 9.66. The van der Waals surface area contributed by atoms with E-state index in [1.807, 2.05) is 13.0 Å². The number of ketones is 1. The second kappa shape index (κ2) is 4.12. The summed E-state index contributed by atoms with van der Waals surface area (Å²) >= 11 is 0. The topological polar surface area (TPSA) is 17.1 Å². The van der Waals surface area contributed by atoms with Crippen molar-refractivity contribution in [2.24, 2.45) is 17.3 Å². The summed E-state index contributed by atoms with van der Waals surface area (Å²) in [4.78, 5) is 12.0. The fraction of sp³-hybridized carbons (Fsp3) is 0.615. The Morgan fingerprint density at radius 2 is 2.07 bits per heavy atom. The molecule has 0 N–H and O–H groups in total. The van der Waals surface area contributed by atoms with E-state index in [1.54, 1.807) is 6.08 Å². The van der Waals surface area contributed by atoms with Gasteiger partial charge in [0.1, 0.15) is 0 Å². The number of carbonyl (C=O) groups excluding carboxylic acids is 1. The van der Waals surface area contributed by atoms with Crippen molar-refractivity contribution in [3.05, 3.63) is 24.3 Å². The summed E-state index contributed by atoms with van der Waals surface area (Å²) in [5.74, 6) is 1.14. The molecule has 3 atom stereocenters. The van der Waals surface area contributed by atoms with E-state index in [0.717, 1.165) is 6.42 Å². The molecule has 0 aromatic rings. The second-order valence-electron chi connectivity index (χ2n) is 4.64. The molecule has 0 aromatic heterocycles. The van der Waals surface area contributed by atoms with Crippen molar-refractivity contribution in [2.45, 2.75) is 34.1 Å². The molecule has 0 heterocycles. The van der Waals surface area contributed by atoms with E-state index in [9.17, 15) is 4.79 Å². The van der Waals surface area contributed by atoms with Crippen LogP contribution >= 0.6 is 0 Å². The molecule has 1 nitrogen and oxygen atoms in total. The lowest BCUT2D eigenvalue weighted by molar-refractivity contribution is -0.125. The lowest BCUT2D eigenvalue weighted by Gasteiger charge is -2.36. The maximum absolute atomic E-state index is 12.0. The van der Waals surface area contributed by atoms with Gasteiger partial charge in [0, 0.05) is 5.41 Å². The van der Waals surface area contributed by atoms with Crippen molar-refractivity contribution >= 4 is 5.78 Å². The van der Waals surface area contributed by atoms with Gasteiger partial charge in [-0.1, -0.05) is 39.0 Å². The van der Waals surface area contributed by atoms with Crippen LogP contribution in [-0.4, -0.2) is 5.78 Å². The maximum Gasteiger partial charge on any atom is 0.161 e.